The van der Waals surface area contributed by atoms with Crippen molar-refractivity contribution in [3.8, 4) is 0 Å². The fraction of sp³-hybridized carbons (Fsp3) is 0. The van der Waals surface area contributed by atoms with Crippen molar-refractivity contribution in [1.29, 1.82) is 0 Å². The quantitative estimate of drug-likeness (QED) is 0.702. The number of ketones is 1. The predicted octanol–water partition coefficient (Wildman–Crippen LogP) is 3.37. The Labute approximate surface area is 93.3 Å². The van der Waals surface area contributed by atoms with Crippen LogP contribution in [0, 0.1) is 6.07 Å². The molecule has 0 heterocycles. The monoisotopic (exact) mass is 215 g/mol. The van der Waals surface area contributed by atoms with Gasteiger partial charge in [-0.1, -0.05) is 48.0 Å². The van der Waals surface area contributed by atoms with E-state index >= 15 is 0 Å². The summed E-state index contributed by atoms with van der Waals surface area (Å²) in [5.41, 5.74) is 1.14. The molecule has 0 amide bonds. The van der Waals surface area contributed by atoms with Crippen molar-refractivity contribution >= 4 is 17.4 Å². The average Bonchev–Trinajstić information content (AvgIpc) is 2.29. The van der Waals surface area contributed by atoms with Crippen molar-refractivity contribution in [1.82, 2.24) is 0 Å². The van der Waals surface area contributed by atoms with E-state index in [1.54, 1.807) is 30.3 Å². The number of hydrogen-bond donors (Lipinski definition) is 0. The minimum atomic E-state index is -0.0573. The maximum Gasteiger partial charge on any atom is 0.193 e. The minimum absolute atomic E-state index is 0.0573. The molecule has 1 radical (unpaired) electrons. The highest BCUT2D eigenvalue weighted by molar-refractivity contribution is 6.31. The Morgan fingerprint density at radius 1 is 1.13 bits per heavy atom. The van der Waals surface area contributed by atoms with Crippen molar-refractivity contribution in [3.05, 3.63) is 70.7 Å². The van der Waals surface area contributed by atoms with Crippen LogP contribution < -0.4 is 0 Å². The number of carbonyl (C=O) groups is 1. The van der Waals surface area contributed by atoms with Gasteiger partial charge in [-0.15, -0.1) is 0 Å². The maximum absolute atomic E-state index is 11.9. The van der Waals surface area contributed by atoms with E-state index in [2.05, 4.69) is 6.07 Å². The third kappa shape index (κ3) is 2.25. The van der Waals surface area contributed by atoms with Crippen LogP contribution in [0.25, 0.3) is 0 Å². The highest BCUT2D eigenvalue weighted by atomic mass is 35.5. The normalized spacial score (nSPS) is 9.93. The van der Waals surface area contributed by atoms with Crippen LogP contribution in [0.1, 0.15) is 15.9 Å². The van der Waals surface area contributed by atoms with Crippen LogP contribution in [-0.4, -0.2) is 5.78 Å². The Kier molecular flexibility index (Phi) is 2.84. The van der Waals surface area contributed by atoms with Crippen molar-refractivity contribution in [2.45, 2.75) is 0 Å². The lowest BCUT2D eigenvalue weighted by Gasteiger charge is -2.00. The first kappa shape index (κ1) is 9.94. The molecule has 2 rings (SSSR count). The summed E-state index contributed by atoms with van der Waals surface area (Å²) in [4.78, 5) is 11.9. The van der Waals surface area contributed by atoms with E-state index in [9.17, 15) is 4.79 Å². The largest absolute Gasteiger partial charge is 0.289 e. The molecule has 0 atom stereocenters. The summed E-state index contributed by atoms with van der Waals surface area (Å²) in [6, 6.07) is 16.9. The summed E-state index contributed by atoms with van der Waals surface area (Å²) in [7, 11) is 0. The smallest absolute Gasteiger partial charge is 0.193 e. The van der Waals surface area contributed by atoms with Crippen LogP contribution >= 0.6 is 11.6 Å². The number of carbonyl (C=O) groups excluding carboxylic acids is 1. The van der Waals surface area contributed by atoms with E-state index in [0.29, 0.717) is 16.1 Å². The van der Waals surface area contributed by atoms with Crippen molar-refractivity contribution in [2.24, 2.45) is 0 Å². The number of rotatable bonds is 2. The molecule has 15 heavy (non-hydrogen) atoms. The van der Waals surface area contributed by atoms with E-state index < -0.39 is 0 Å². The SMILES string of the molecule is O=C(c1[c]ccc(Cl)c1)c1ccccc1. The summed E-state index contributed by atoms with van der Waals surface area (Å²) in [5.74, 6) is -0.0573. The van der Waals surface area contributed by atoms with Gasteiger partial charge in [0.2, 0.25) is 0 Å². The number of hydrogen-bond acceptors (Lipinski definition) is 1. The summed E-state index contributed by atoms with van der Waals surface area (Å²) in [6.07, 6.45) is 0. The lowest BCUT2D eigenvalue weighted by Crippen LogP contribution is -2.00. The zero-order chi connectivity index (χ0) is 10.7. The minimum Gasteiger partial charge on any atom is -0.289 e. The molecule has 0 unspecified atom stereocenters. The topological polar surface area (TPSA) is 17.1 Å². The molecule has 1 nitrogen and oxygen atoms in total. The highest BCUT2D eigenvalue weighted by Crippen LogP contribution is 2.14. The van der Waals surface area contributed by atoms with Gasteiger partial charge < -0.3 is 0 Å². The van der Waals surface area contributed by atoms with Crippen LogP contribution in [-0.2, 0) is 0 Å². The molecular formula is C13H8ClO. The van der Waals surface area contributed by atoms with Gasteiger partial charge in [0.05, 0.1) is 0 Å². The van der Waals surface area contributed by atoms with Crippen LogP contribution in [0.2, 0.25) is 5.02 Å². The third-order valence-electron chi connectivity index (χ3n) is 2.04. The molecular weight excluding hydrogens is 208 g/mol. The zero-order valence-electron chi connectivity index (χ0n) is 7.91. The maximum atomic E-state index is 11.9. The van der Waals surface area contributed by atoms with Gasteiger partial charge in [0.15, 0.2) is 5.78 Å². The summed E-state index contributed by atoms with van der Waals surface area (Å²) in [6.45, 7) is 0. The molecule has 73 valence electrons. The van der Waals surface area contributed by atoms with Crippen LogP contribution in [0.3, 0.4) is 0 Å². The standard InChI is InChI=1S/C13H8ClO/c14-12-8-4-7-11(9-12)13(15)10-5-2-1-3-6-10/h1-6,8-9H. The van der Waals surface area contributed by atoms with E-state index in [1.165, 1.54) is 0 Å². The molecule has 0 aliphatic heterocycles. The fourth-order valence-corrected chi connectivity index (χ4v) is 1.49. The first-order chi connectivity index (χ1) is 7.27. The van der Waals surface area contributed by atoms with Gasteiger partial charge in [-0.3, -0.25) is 4.79 Å². The highest BCUT2D eigenvalue weighted by Gasteiger charge is 2.08. The summed E-state index contributed by atoms with van der Waals surface area (Å²) >= 11 is 5.80. The number of halogens is 1. The second-order valence-electron chi connectivity index (χ2n) is 3.12. The van der Waals surface area contributed by atoms with Gasteiger partial charge in [-0.25, -0.2) is 0 Å². The lowest BCUT2D eigenvalue weighted by molar-refractivity contribution is 0.103. The van der Waals surface area contributed by atoms with Gasteiger partial charge in [0.1, 0.15) is 0 Å². The Morgan fingerprint density at radius 3 is 2.53 bits per heavy atom. The van der Waals surface area contributed by atoms with Gasteiger partial charge in [0, 0.05) is 16.1 Å². The summed E-state index contributed by atoms with van der Waals surface area (Å²) in [5, 5.41) is 0.549. The third-order valence-corrected chi connectivity index (χ3v) is 2.28. The molecule has 0 aliphatic rings. The second-order valence-corrected chi connectivity index (χ2v) is 3.55. The van der Waals surface area contributed by atoms with E-state index in [4.69, 9.17) is 11.6 Å². The Balaban J connectivity index is 2.37. The van der Waals surface area contributed by atoms with E-state index in [-0.39, 0.29) is 5.78 Å². The van der Waals surface area contributed by atoms with Gasteiger partial charge in [-0.05, 0) is 18.2 Å². The van der Waals surface area contributed by atoms with Crippen LogP contribution in [0.4, 0.5) is 0 Å². The van der Waals surface area contributed by atoms with Crippen molar-refractivity contribution in [3.63, 3.8) is 0 Å². The molecule has 0 aromatic heterocycles. The molecule has 0 N–H and O–H groups in total. The lowest BCUT2D eigenvalue weighted by atomic mass is 10.0. The summed E-state index contributed by atoms with van der Waals surface area (Å²) < 4.78 is 0. The van der Waals surface area contributed by atoms with Gasteiger partial charge >= 0.3 is 0 Å². The van der Waals surface area contributed by atoms with Crippen molar-refractivity contribution < 1.29 is 4.79 Å². The van der Waals surface area contributed by atoms with Crippen molar-refractivity contribution in [2.75, 3.05) is 0 Å². The Hall–Kier alpha value is -1.60. The molecule has 0 aliphatic carbocycles. The molecule has 2 aromatic carbocycles. The first-order valence-electron chi connectivity index (χ1n) is 4.54. The second kappa shape index (κ2) is 4.28. The van der Waals surface area contributed by atoms with Gasteiger partial charge in [-0.2, -0.15) is 0 Å². The predicted molar refractivity (Wildman–Crippen MR) is 60.2 cm³/mol. The molecule has 0 bridgehead atoms. The molecule has 0 saturated carbocycles. The molecule has 0 spiro atoms. The first-order valence-corrected chi connectivity index (χ1v) is 4.92. The van der Waals surface area contributed by atoms with Crippen LogP contribution in [0.15, 0.2) is 48.5 Å². The Morgan fingerprint density at radius 2 is 1.87 bits per heavy atom. The molecule has 0 fully saturated rings. The molecule has 2 aromatic rings. The molecule has 2 heteroatoms. The van der Waals surface area contributed by atoms with Gasteiger partial charge in [0.25, 0.3) is 0 Å². The zero-order valence-corrected chi connectivity index (χ0v) is 8.66. The van der Waals surface area contributed by atoms with E-state index in [0.717, 1.165) is 0 Å². The average molecular weight is 216 g/mol. The Bertz CT molecular complexity index is 477. The fourth-order valence-electron chi connectivity index (χ4n) is 1.31. The van der Waals surface area contributed by atoms with E-state index in [1.807, 2.05) is 18.2 Å². The van der Waals surface area contributed by atoms with Crippen LogP contribution in [0.5, 0.6) is 0 Å². The number of benzene rings is 2. The molecule has 0 saturated heterocycles.